The van der Waals surface area contributed by atoms with Crippen molar-refractivity contribution in [2.45, 2.75) is 19.4 Å². The molecule has 1 aliphatic rings. The standard InChI is InChI=1S/C7H12N2O3/c1-7(2,12)4-9-3-5(10)8-6(9)11/h12H,3-4H2,1-2H3,(H,8,10,11). The van der Waals surface area contributed by atoms with Gasteiger partial charge >= 0.3 is 6.03 Å². The summed E-state index contributed by atoms with van der Waals surface area (Å²) in [6, 6.07) is -0.429. The maximum absolute atomic E-state index is 10.9. The van der Waals surface area contributed by atoms with Crippen LogP contribution in [0.25, 0.3) is 0 Å². The molecule has 0 bridgehead atoms. The molecule has 3 amide bonds. The number of imide groups is 1. The molecular formula is C7H12N2O3. The summed E-state index contributed by atoms with van der Waals surface area (Å²) < 4.78 is 0. The largest absolute Gasteiger partial charge is 0.389 e. The highest BCUT2D eigenvalue weighted by Crippen LogP contribution is 2.07. The maximum atomic E-state index is 10.9. The quantitative estimate of drug-likeness (QED) is 0.541. The molecule has 0 atom stereocenters. The van der Waals surface area contributed by atoms with E-state index in [-0.39, 0.29) is 19.0 Å². The lowest BCUT2D eigenvalue weighted by Crippen LogP contribution is -2.40. The van der Waals surface area contributed by atoms with E-state index in [1.807, 2.05) is 0 Å². The molecule has 5 heteroatoms. The number of urea groups is 1. The molecule has 5 nitrogen and oxygen atoms in total. The van der Waals surface area contributed by atoms with Crippen molar-refractivity contribution >= 4 is 11.9 Å². The topological polar surface area (TPSA) is 69.6 Å². The van der Waals surface area contributed by atoms with Gasteiger partial charge in [0.1, 0.15) is 6.54 Å². The first-order chi connectivity index (χ1) is 5.38. The smallest absolute Gasteiger partial charge is 0.324 e. The van der Waals surface area contributed by atoms with Crippen molar-refractivity contribution in [3.63, 3.8) is 0 Å². The van der Waals surface area contributed by atoms with Crippen LogP contribution in [0.1, 0.15) is 13.8 Å². The number of carbonyl (C=O) groups excluding carboxylic acids is 2. The molecule has 0 aromatic carbocycles. The second-order valence-corrected chi connectivity index (χ2v) is 3.52. The average Bonchev–Trinajstić information content (AvgIpc) is 2.06. The second-order valence-electron chi connectivity index (χ2n) is 3.52. The van der Waals surface area contributed by atoms with E-state index in [0.717, 1.165) is 0 Å². The fraction of sp³-hybridized carbons (Fsp3) is 0.714. The van der Waals surface area contributed by atoms with Gasteiger partial charge < -0.3 is 10.0 Å². The fourth-order valence-electron chi connectivity index (χ4n) is 1.08. The van der Waals surface area contributed by atoms with Crippen LogP contribution < -0.4 is 5.32 Å². The summed E-state index contributed by atoms with van der Waals surface area (Å²) in [5.74, 6) is -0.316. The van der Waals surface area contributed by atoms with Gasteiger partial charge in [0.25, 0.3) is 0 Å². The predicted molar refractivity (Wildman–Crippen MR) is 41.4 cm³/mol. The van der Waals surface area contributed by atoms with Gasteiger partial charge in [-0.15, -0.1) is 0 Å². The second kappa shape index (κ2) is 2.75. The maximum Gasteiger partial charge on any atom is 0.324 e. The first-order valence-corrected chi connectivity index (χ1v) is 3.70. The Morgan fingerprint density at radius 1 is 1.58 bits per heavy atom. The molecule has 1 rings (SSSR count). The van der Waals surface area contributed by atoms with Crippen molar-refractivity contribution in [2.24, 2.45) is 0 Å². The minimum atomic E-state index is -0.956. The zero-order valence-electron chi connectivity index (χ0n) is 7.13. The van der Waals surface area contributed by atoms with Crippen LogP contribution in [-0.2, 0) is 4.79 Å². The van der Waals surface area contributed by atoms with Crippen molar-refractivity contribution in [2.75, 3.05) is 13.1 Å². The first-order valence-electron chi connectivity index (χ1n) is 3.70. The van der Waals surface area contributed by atoms with E-state index >= 15 is 0 Å². The van der Waals surface area contributed by atoms with Gasteiger partial charge in [0.2, 0.25) is 5.91 Å². The summed E-state index contributed by atoms with van der Waals surface area (Å²) in [4.78, 5) is 22.9. The lowest BCUT2D eigenvalue weighted by Gasteiger charge is -2.23. The number of nitrogens with zero attached hydrogens (tertiary/aromatic N) is 1. The predicted octanol–water partition coefficient (Wildman–Crippen LogP) is -0.691. The van der Waals surface area contributed by atoms with Crippen LogP contribution in [0.2, 0.25) is 0 Å². The van der Waals surface area contributed by atoms with Gasteiger partial charge in [0, 0.05) is 0 Å². The van der Waals surface area contributed by atoms with E-state index in [0.29, 0.717) is 0 Å². The summed E-state index contributed by atoms with van der Waals surface area (Å²) in [6.45, 7) is 3.39. The molecule has 0 radical (unpaired) electrons. The van der Waals surface area contributed by atoms with Gasteiger partial charge in [-0.1, -0.05) is 0 Å². The zero-order chi connectivity index (χ0) is 9.35. The molecule has 0 aromatic heterocycles. The van der Waals surface area contributed by atoms with Crippen molar-refractivity contribution in [1.29, 1.82) is 0 Å². The Hall–Kier alpha value is -1.10. The molecule has 0 aliphatic carbocycles. The lowest BCUT2D eigenvalue weighted by molar-refractivity contribution is -0.118. The zero-order valence-corrected chi connectivity index (χ0v) is 7.13. The molecule has 0 aromatic rings. The van der Waals surface area contributed by atoms with Crippen molar-refractivity contribution in [3.8, 4) is 0 Å². The number of hydrogen-bond acceptors (Lipinski definition) is 3. The van der Waals surface area contributed by atoms with Crippen LogP contribution in [0.15, 0.2) is 0 Å². The summed E-state index contributed by atoms with van der Waals surface area (Å²) in [7, 11) is 0. The van der Waals surface area contributed by atoms with Gasteiger partial charge in [-0.2, -0.15) is 0 Å². The normalized spacial score (nSPS) is 18.4. The van der Waals surface area contributed by atoms with Crippen LogP contribution in [0, 0.1) is 0 Å². The number of aliphatic hydroxyl groups is 1. The van der Waals surface area contributed by atoms with Crippen LogP contribution in [0.3, 0.4) is 0 Å². The molecule has 2 N–H and O–H groups in total. The lowest BCUT2D eigenvalue weighted by atomic mass is 10.1. The molecular weight excluding hydrogens is 160 g/mol. The third kappa shape index (κ3) is 2.20. The SMILES string of the molecule is CC(C)(O)CN1CC(=O)NC1=O. The molecule has 12 heavy (non-hydrogen) atoms. The van der Waals surface area contributed by atoms with E-state index in [1.165, 1.54) is 4.90 Å². The molecule has 68 valence electrons. The minimum absolute atomic E-state index is 0.0445. The Morgan fingerprint density at radius 2 is 2.17 bits per heavy atom. The van der Waals surface area contributed by atoms with Gasteiger partial charge in [0.05, 0.1) is 12.1 Å². The average molecular weight is 172 g/mol. The number of β-amino-alcohol motifs (C(OH)–C–C–N with tert-alkyl or cyclic N) is 1. The van der Waals surface area contributed by atoms with E-state index in [4.69, 9.17) is 0 Å². The number of amides is 3. The Kier molecular flexibility index (Phi) is 2.06. The molecule has 1 heterocycles. The van der Waals surface area contributed by atoms with E-state index in [9.17, 15) is 14.7 Å². The number of rotatable bonds is 2. The minimum Gasteiger partial charge on any atom is -0.389 e. The molecule has 0 unspecified atom stereocenters. The molecule has 1 saturated heterocycles. The summed E-state index contributed by atoms with van der Waals surface area (Å²) in [6.07, 6.45) is 0. The molecule has 0 spiro atoms. The Morgan fingerprint density at radius 3 is 2.50 bits per heavy atom. The molecule has 1 aliphatic heterocycles. The van der Waals surface area contributed by atoms with Crippen molar-refractivity contribution in [1.82, 2.24) is 10.2 Å². The summed E-state index contributed by atoms with van der Waals surface area (Å²) >= 11 is 0. The highest BCUT2D eigenvalue weighted by atomic mass is 16.3. The Balaban J connectivity index is 2.54. The van der Waals surface area contributed by atoms with Crippen molar-refractivity contribution < 1.29 is 14.7 Å². The first kappa shape index (κ1) is 8.99. The molecule has 0 saturated carbocycles. The van der Waals surface area contributed by atoms with Crippen molar-refractivity contribution in [3.05, 3.63) is 0 Å². The van der Waals surface area contributed by atoms with Crippen LogP contribution >= 0.6 is 0 Å². The summed E-state index contributed by atoms with van der Waals surface area (Å²) in [5, 5.41) is 11.5. The van der Waals surface area contributed by atoms with Crippen LogP contribution in [-0.4, -0.2) is 40.6 Å². The Labute approximate surface area is 70.4 Å². The van der Waals surface area contributed by atoms with Gasteiger partial charge in [-0.3, -0.25) is 10.1 Å². The summed E-state index contributed by atoms with van der Waals surface area (Å²) in [5.41, 5.74) is -0.956. The van der Waals surface area contributed by atoms with Gasteiger partial charge in [0.15, 0.2) is 0 Å². The highest BCUT2D eigenvalue weighted by molar-refractivity contribution is 6.01. The van der Waals surface area contributed by atoms with E-state index < -0.39 is 11.6 Å². The third-order valence-electron chi connectivity index (χ3n) is 1.45. The van der Waals surface area contributed by atoms with E-state index in [2.05, 4.69) is 5.32 Å². The number of hydrogen-bond donors (Lipinski definition) is 2. The number of carbonyl (C=O) groups is 2. The monoisotopic (exact) mass is 172 g/mol. The van der Waals surface area contributed by atoms with Gasteiger partial charge in [-0.25, -0.2) is 4.79 Å². The van der Waals surface area contributed by atoms with Gasteiger partial charge in [-0.05, 0) is 13.8 Å². The molecule has 1 fully saturated rings. The van der Waals surface area contributed by atoms with E-state index in [1.54, 1.807) is 13.8 Å². The van der Waals surface area contributed by atoms with Crippen LogP contribution in [0.5, 0.6) is 0 Å². The number of nitrogens with one attached hydrogen (secondary N) is 1. The third-order valence-corrected chi connectivity index (χ3v) is 1.45. The fourth-order valence-corrected chi connectivity index (χ4v) is 1.08. The Bertz CT molecular complexity index is 219. The highest BCUT2D eigenvalue weighted by Gasteiger charge is 2.30. The van der Waals surface area contributed by atoms with Crippen LogP contribution in [0.4, 0.5) is 4.79 Å².